The third-order valence-electron chi connectivity index (χ3n) is 5.43. The van der Waals surface area contributed by atoms with E-state index >= 15 is 0 Å². The van der Waals surface area contributed by atoms with Crippen LogP contribution in [0.1, 0.15) is 25.0 Å². The van der Waals surface area contributed by atoms with Crippen LogP contribution in [0.5, 0.6) is 11.5 Å². The topological polar surface area (TPSA) is 84.9 Å². The lowest BCUT2D eigenvalue weighted by molar-refractivity contribution is -0.160. The zero-order valence-corrected chi connectivity index (χ0v) is 15.2. The average Bonchev–Trinajstić information content (AvgIpc) is 2.77. The third-order valence-corrected chi connectivity index (χ3v) is 5.43. The van der Waals surface area contributed by atoms with E-state index in [1.54, 1.807) is 19.9 Å². The van der Waals surface area contributed by atoms with Crippen molar-refractivity contribution < 1.29 is 24.2 Å². The summed E-state index contributed by atoms with van der Waals surface area (Å²) in [6.45, 7) is 3.62. The number of benzene rings is 2. The summed E-state index contributed by atoms with van der Waals surface area (Å²) in [5.41, 5.74) is -0.926. The predicted molar refractivity (Wildman–Crippen MR) is 97.2 cm³/mol. The molecule has 6 heteroatoms. The number of ether oxygens (including phenoxy) is 2. The van der Waals surface area contributed by atoms with Gasteiger partial charge in [-0.15, -0.1) is 0 Å². The minimum Gasteiger partial charge on any atom is -0.508 e. The zero-order valence-electron chi connectivity index (χ0n) is 15.2. The first kappa shape index (κ1) is 17.4. The van der Waals surface area contributed by atoms with Crippen LogP contribution >= 0.6 is 0 Å². The Labute approximate surface area is 157 Å². The van der Waals surface area contributed by atoms with Crippen molar-refractivity contribution in [3.8, 4) is 11.5 Å². The number of fused-ring (bicyclic) bond motifs is 4. The maximum absolute atomic E-state index is 13.3. The van der Waals surface area contributed by atoms with Crippen LogP contribution in [0.4, 0.5) is 0 Å². The standard InChI is InChI=1S/C21H21NO5/c1-3-26-18(24)17-20(2)22-19(25)21(17,12-13-7-5-4-6-8-13)15-10-9-14(23)11-16(15)27-20/h4-11,17,23H,3,12H2,1-2H3,(H,22,25)/t17-,20+,21+/m0/s1. The molecule has 1 saturated heterocycles. The molecule has 6 nitrogen and oxygen atoms in total. The Morgan fingerprint density at radius 3 is 2.70 bits per heavy atom. The Kier molecular flexibility index (Phi) is 3.87. The van der Waals surface area contributed by atoms with Crippen LogP contribution in [0.2, 0.25) is 0 Å². The minimum absolute atomic E-state index is 0.0358. The summed E-state index contributed by atoms with van der Waals surface area (Å²) < 4.78 is 11.3. The Balaban J connectivity index is 1.95. The van der Waals surface area contributed by atoms with Gasteiger partial charge in [0.25, 0.3) is 0 Å². The first-order chi connectivity index (χ1) is 12.9. The molecule has 2 aliphatic rings. The van der Waals surface area contributed by atoms with Gasteiger partial charge >= 0.3 is 5.97 Å². The third kappa shape index (κ3) is 2.47. The lowest BCUT2D eigenvalue weighted by atomic mass is 9.64. The highest BCUT2D eigenvalue weighted by Gasteiger charge is 2.70. The number of phenols is 1. The van der Waals surface area contributed by atoms with Crippen LogP contribution in [-0.4, -0.2) is 29.3 Å². The molecule has 3 atom stereocenters. The molecule has 0 aromatic heterocycles. The van der Waals surface area contributed by atoms with Gasteiger partial charge in [0, 0.05) is 11.6 Å². The van der Waals surface area contributed by atoms with E-state index in [0.717, 1.165) is 5.56 Å². The fourth-order valence-corrected chi connectivity index (χ4v) is 4.41. The van der Waals surface area contributed by atoms with Crippen LogP contribution in [0.3, 0.4) is 0 Å². The highest BCUT2D eigenvalue weighted by atomic mass is 16.5. The number of phenolic OH excluding ortho intramolecular Hbond substituents is 1. The van der Waals surface area contributed by atoms with Crippen molar-refractivity contribution >= 4 is 11.9 Å². The monoisotopic (exact) mass is 367 g/mol. The quantitative estimate of drug-likeness (QED) is 0.810. The minimum atomic E-state index is -1.25. The number of carbonyl (C=O) groups excluding carboxylic acids is 2. The van der Waals surface area contributed by atoms with E-state index in [1.807, 2.05) is 30.3 Å². The molecule has 2 heterocycles. The molecule has 0 unspecified atom stereocenters. The lowest BCUT2D eigenvalue weighted by Gasteiger charge is -2.42. The summed E-state index contributed by atoms with van der Waals surface area (Å²) in [5, 5.41) is 12.8. The fourth-order valence-electron chi connectivity index (χ4n) is 4.41. The van der Waals surface area contributed by atoms with Crippen molar-refractivity contribution in [2.24, 2.45) is 5.92 Å². The van der Waals surface area contributed by atoms with Crippen LogP contribution in [-0.2, 0) is 26.2 Å². The molecule has 1 fully saturated rings. The van der Waals surface area contributed by atoms with Crippen molar-refractivity contribution in [2.45, 2.75) is 31.4 Å². The number of esters is 1. The number of nitrogens with one attached hydrogen (secondary N) is 1. The molecule has 2 aliphatic heterocycles. The van der Waals surface area contributed by atoms with Crippen LogP contribution < -0.4 is 10.1 Å². The molecule has 2 aromatic rings. The van der Waals surface area contributed by atoms with E-state index in [1.165, 1.54) is 12.1 Å². The van der Waals surface area contributed by atoms with Crippen LogP contribution in [0.25, 0.3) is 0 Å². The Morgan fingerprint density at radius 1 is 1.26 bits per heavy atom. The van der Waals surface area contributed by atoms with Gasteiger partial charge in [0.15, 0.2) is 5.72 Å². The number of amides is 1. The average molecular weight is 367 g/mol. The first-order valence-corrected chi connectivity index (χ1v) is 8.96. The first-order valence-electron chi connectivity index (χ1n) is 8.96. The molecular formula is C21H21NO5. The second-order valence-corrected chi connectivity index (χ2v) is 7.16. The second-order valence-electron chi connectivity index (χ2n) is 7.16. The molecule has 0 saturated carbocycles. The number of rotatable bonds is 4. The number of aromatic hydroxyl groups is 1. The number of hydrogen-bond acceptors (Lipinski definition) is 5. The summed E-state index contributed by atoms with van der Waals surface area (Å²) >= 11 is 0. The highest BCUT2D eigenvalue weighted by molar-refractivity contribution is 6.00. The highest BCUT2D eigenvalue weighted by Crippen LogP contribution is 2.55. The van der Waals surface area contributed by atoms with E-state index in [0.29, 0.717) is 17.7 Å². The van der Waals surface area contributed by atoms with Gasteiger partial charge in [0.1, 0.15) is 22.8 Å². The van der Waals surface area contributed by atoms with Crippen LogP contribution in [0.15, 0.2) is 48.5 Å². The summed E-state index contributed by atoms with van der Waals surface area (Å²) in [5.74, 6) is -1.18. The Bertz CT molecular complexity index is 912. The number of hydrogen-bond donors (Lipinski definition) is 2. The molecule has 1 amide bonds. The molecule has 140 valence electrons. The molecule has 4 rings (SSSR count). The number of carbonyl (C=O) groups is 2. The molecule has 2 bridgehead atoms. The summed E-state index contributed by atoms with van der Waals surface area (Å²) in [7, 11) is 0. The van der Waals surface area contributed by atoms with Crippen molar-refractivity contribution in [3.63, 3.8) is 0 Å². The van der Waals surface area contributed by atoms with Gasteiger partial charge in [0.2, 0.25) is 5.91 Å². The molecule has 0 spiro atoms. The second kappa shape index (κ2) is 6.01. The van der Waals surface area contributed by atoms with E-state index in [4.69, 9.17) is 9.47 Å². The van der Waals surface area contributed by atoms with E-state index in [-0.39, 0.29) is 18.3 Å². The SMILES string of the molecule is CCOC(=O)[C@H]1[C@]2(C)NC(=O)[C@]1(Cc1ccccc1)c1ccc(O)cc1O2. The maximum Gasteiger partial charge on any atom is 0.316 e. The Morgan fingerprint density at radius 2 is 2.00 bits per heavy atom. The van der Waals surface area contributed by atoms with Crippen LogP contribution in [0, 0.1) is 5.92 Å². The van der Waals surface area contributed by atoms with Gasteiger partial charge in [-0.1, -0.05) is 36.4 Å². The van der Waals surface area contributed by atoms with Crippen molar-refractivity contribution in [1.29, 1.82) is 0 Å². The van der Waals surface area contributed by atoms with Crippen molar-refractivity contribution in [2.75, 3.05) is 6.61 Å². The Hall–Kier alpha value is -3.02. The smallest absolute Gasteiger partial charge is 0.316 e. The molecular weight excluding hydrogens is 346 g/mol. The normalized spacial score (nSPS) is 28.1. The van der Waals surface area contributed by atoms with Gasteiger partial charge in [-0.05, 0) is 31.9 Å². The summed E-state index contributed by atoms with van der Waals surface area (Å²) in [6.07, 6.45) is 0.319. The lowest BCUT2D eigenvalue weighted by Crippen LogP contribution is -2.56. The van der Waals surface area contributed by atoms with Gasteiger partial charge in [-0.3, -0.25) is 9.59 Å². The van der Waals surface area contributed by atoms with Gasteiger partial charge in [-0.2, -0.15) is 0 Å². The zero-order chi connectivity index (χ0) is 19.2. The molecule has 27 heavy (non-hydrogen) atoms. The van der Waals surface area contributed by atoms with Gasteiger partial charge < -0.3 is 19.9 Å². The largest absolute Gasteiger partial charge is 0.508 e. The molecule has 2 N–H and O–H groups in total. The summed E-state index contributed by atoms with van der Waals surface area (Å²) in [6, 6.07) is 14.2. The van der Waals surface area contributed by atoms with E-state index in [2.05, 4.69) is 5.32 Å². The van der Waals surface area contributed by atoms with Gasteiger partial charge in [-0.25, -0.2) is 0 Å². The fraction of sp³-hybridized carbons (Fsp3) is 0.333. The predicted octanol–water partition coefficient (Wildman–Crippen LogP) is 2.29. The van der Waals surface area contributed by atoms with Crippen molar-refractivity contribution in [1.82, 2.24) is 5.32 Å². The maximum atomic E-state index is 13.3. The van der Waals surface area contributed by atoms with E-state index in [9.17, 15) is 14.7 Å². The van der Waals surface area contributed by atoms with Gasteiger partial charge in [0.05, 0.1) is 6.61 Å². The molecule has 0 aliphatic carbocycles. The summed E-state index contributed by atoms with van der Waals surface area (Å²) in [4.78, 5) is 26.2. The molecule has 0 radical (unpaired) electrons. The molecule has 2 aromatic carbocycles. The van der Waals surface area contributed by atoms with Crippen molar-refractivity contribution in [3.05, 3.63) is 59.7 Å². The van der Waals surface area contributed by atoms with E-state index < -0.39 is 23.0 Å².